The van der Waals surface area contributed by atoms with Crippen LogP contribution in [0.5, 0.6) is 23.0 Å². The number of aromatic nitrogens is 12. The Balaban J connectivity index is 0.000000110. The van der Waals surface area contributed by atoms with Gasteiger partial charge in [0.15, 0.2) is 11.5 Å². The molecule has 6 aromatic heterocycles. The van der Waals surface area contributed by atoms with Crippen LogP contribution in [0.1, 0.15) is 164 Å². The second-order valence-corrected chi connectivity index (χ2v) is 41.5. The number of benzene rings is 6. The Kier molecular flexibility index (Phi) is 26.5. The topological polar surface area (TPSA) is 261 Å². The van der Waals surface area contributed by atoms with E-state index in [1.807, 2.05) is 107 Å². The van der Waals surface area contributed by atoms with Crippen molar-refractivity contribution in [1.29, 1.82) is 0 Å². The van der Waals surface area contributed by atoms with E-state index in [0.29, 0.717) is 81.0 Å². The molecule has 12 aliphatic heterocycles. The summed E-state index contributed by atoms with van der Waals surface area (Å²) < 4.78 is 128. The first-order valence-corrected chi connectivity index (χ1v) is 51.0. The predicted molar refractivity (Wildman–Crippen MR) is 518 cm³/mol. The number of likely N-dealkylation sites (tertiary alicyclic amines) is 1. The van der Waals surface area contributed by atoms with E-state index in [9.17, 15) is 30.8 Å². The fourth-order valence-electron chi connectivity index (χ4n) is 23.0. The molecular weight excluding hydrogens is 1780 g/mol. The Morgan fingerprint density at radius 3 is 1.12 bits per heavy atom. The van der Waals surface area contributed by atoms with Crippen LogP contribution < -0.4 is 43.9 Å². The minimum absolute atomic E-state index is 0.00531. The summed E-state index contributed by atoms with van der Waals surface area (Å²) in [6.45, 7) is 18.2. The molecule has 1 amide bonds. The van der Waals surface area contributed by atoms with Crippen molar-refractivity contribution in [3.63, 3.8) is 0 Å². The lowest BCUT2D eigenvalue weighted by molar-refractivity contribution is 0.00767. The highest BCUT2D eigenvalue weighted by molar-refractivity contribution is 7.88. The number of piperidine rings is 7. The van der Waals surface area contributed by atoms with Crippen molar-refractivity contribution in [3.05, 3.63) is 242 Å². The van der Waals surface area contributed by atoms with Gasteiger partial charge in [-0.05, 0) is 214 Å². The number of anilines is 4. The molecule has 24 rings (SSSR count). The van der Waals surface area contributed by atoms with Crippen LogP contribution in [-0.2, 0) is 19.5 Å². The zero-order chi connectivity index (χ0) is 94.3. The van der Waals surface area contributed by atoms with Gasteiger partial charge < -0.3 is 76.5 Å². The van der Waals surface area contributed by atoms with Crippen LogP contribution in [0.2, 0.25) is 0 Å². The molecule has 28 nitrogen and oxygen atoms in total. The molecule has 0 aliphatic carbocycles. The summed E-state index contributed by atoms with van der Waals surface area (Å²) in [5.74, 6) is 5.35. The Hall–Kier alpha value is -12.5. The first-order valence-electron chi connectivity index (χ1n) is 49.2. The molecule has 0 bridgehead atoms. The Morgan fingerprint density at radius 2 is 0.761 bits per heavy atom. The van der Waals surface area contributed by atoms with Crippen LogP contribution in [0, 0.1) is 46.9 Å². The second kappa shape index (κ2) is 39.8. The number of halogens is 4. The van der Waals surface area contributed by atoms with Crippen molar-refractivity contribution >= 4 is 39.4 Å². The van der Waals surface area contributed by atoms with Crippen molar-refractivity contribution in [2.24, 2.45) is 23.7 Å². The lowest BCUT2D eigenvalue weighted by Gasteiger charge is -2.37. The van der Waals surface area contributed by atoms with Crippen molar-refractivity contribution in [1.82, 2.24) is 72.7 Å². The number of nitrogens with one attached hydrogen (secondary N) is 1. The maximum Gasteiger partial charge on any atom is 0.410 e. The molecule has 722 valence electrons. The van der Waals surface area contributed by atoms with Crippen molar-refractivity contribution < 1.29 is 59.2 Å². The van der Waals surface area contributed by atoms with Gasteiger partial charge in [0, 0.05) is 141 Å². The summed E-state index contributed by atoms with van der Waals surface area (Å²) in [6, 6.07) is 38.0. The average Bonchev–Trinajstić information content (AvgIpc) is 1.60. The maximum absolute atomic E-state index is 14.9. The molecule has 18 heterocycles. The molecule has 0 saturated carbocycles. The van der Waals surface area contributed by atoms with Gasteiger partial charge in [0.1, 0.15) is 64.8 Å². The smallest absolute Gasteiger partial charge is 0.410 e. The van der Waals surface area contributed by atoms with Gasteiger partial charge in [-0.1, -0.05) is 48.5 Å². The molecule has 6 aromatic carbocycles. The number of rotatable bonds is 17. The lowest BCUT2D eigenvalue weighted by atomic mass is 9.85. The predicted octanol–water partition coefficient (Wildman–Crippen LogP) is 17.5. The Bertz CT molecular complexity index is 6350. The zero-order valence-corrected chi connectivity index (χ0v) is 79.3. The zero-order valence-electron chi connectivity index (χ0n) is 78.5. The molecule has 8 saturated heterocycles. The number of fused-ring (bicyclic) bond motifs is 12. The van der Waals surface area contributed by atoms with E-state index in [4.69, 9.17) is 28.4 Å². The molecule has 7 unspecified atom stereocenters. The molecular formula is C105H119F4N19O9S. The third-order valence-corrected chi connectivity index (χ3v) is 31.1. The highest BCUT2D eigenvalue weighted by Gasteiger charge is 2.45. The summed E-state index contributed by atoms with van der Waals surface area (Å²) in [5.41, 5.74) is 13.1. The molecule has 0 radical (unpaired) electrons. The minimum Gasteiger partial charge on any atom is -0.490 e. The second-order valence-electron chi connectivity index (χ2n) is 39.5. The summed E-state index contributed by atoms with van der Waals surface area (Å²) in [7, 11) is -3.13. The maximum atomic E-state index is 14.9. The normalized spacial score (nSPS) is 22.2. The van der Waals surface area contributed by atoms with Crippen LogP contribution >= 0.6 is 0 Å². The van der Waals surface area contributed by atoms with E-state index in [1.54, 1.807) is 78.2 Å². The number of amides is 1. The first kappa shape index (κ1) is 91.9. The fraction of sp³-hybridized carbons (Fsp3) is 0.457. The van der Waals surface area contributed by atoms with Gasteiger partial charge in [0.05, 0.1) is 148 Å². The Labute approximate surface area is 802 Å². The van der Waals surface area contributed by atoms with Crippen LogP contribution in [0.25, 0.3) is 45.0 Å². The summed E-state index contributed by atoms with van der Waals surface area (Å²) in [6.07, 6.45) is 36.9. The third-order valence-electron chi connectivity index (χ3n) is 29.8. The molecule has 0 spiro atoms. The lowest BCUT2D eigenvalue weighted by Crippen LogP contribution is -2.46. The quantitative estimate of drug-likeness (QED) is 0.0831. The van der Waals surface area contributed by atoms with Crippen LogP contribution in [0.15, 0.2) is 196 Å². The standard InChI is InChI=1S/C29H35FN6O3.C27H31FN4O3S.C25H26FN3O2.C24H27FN6O/c1-29(2,3)39-28(37)35-11-5-6-20(17-35)38-21-14-32-27(33-15-21)34-12-9-19(10-13-34)26-25-22(7-4-8-23(25)30)24-16-31-18-36(24)26;1-36(33,34)31-15-11-22(12-16-31)35-21-7-5-20(6-8-21)30-13-9-19(10-14-30)27-26-23(3-2-4-24(26)28)25-17-29-18-32(25)27;26-22-3-1-2-21-23-14-27-16-29(23)25(24(21)22)17-8-11-28(12-9-17)18-4-6-19(7-5-18)31-20-10-13-30-15-20;25-20-5-1-4-19-21-14-27-15-31(21)23(22(19)20)16-6-9-30(10-7-16)24-28-12-18(13-29-24)32-17-3-2-8-26-11-17/h4,7-8,14-16,18-20,26H,5-6,9-13,17H2,1-3H3;2-8,17-19,22,27H,9-16H2,1H3;1-7,14,16-17,20,25H,8-13,15H2;1,4-5,12-17,23,26H,2-3,6-11H2. The van der Waals surface area contributed by atoms with Gasteiger partial charge in [0.2, 0.25) is 21.9 Å². The van der Waals surface area contributed by atoms with Gasteiger partial charge in [-0.2, -0.15) is 0 Å². The summed E-state index contributed by atoms with van der Waals surface area (Å²) >= 11 is 0. The number of carbonyl (C=O) groups is 1. The molecule has 33 heteroatoms. The Morgan fingerprint density at radius 1 is 0.399 bits per heavy atom. The number of sulfonamides is 1. The van der Waals surface area contributed by atoms with E-state index in [0.717, 1.165) is 252 Å². The SMILES string of the molecule is CC(C)(C)OC(=O)N1CCCC(Oc2cnc(N3CCC(C4c5c(F)cccc5-c5cncn54)CC3)nc2)C1.CS(=O)(=O)N1CCC(Oc2ccc(N3CCC(C4c5c(F)cccc5-c5cncn54)CC3)cc2)CC1.Fc1cccc2c1C(C1CCN(c3ccc(OC4CCOC4)cc3)CC1)n1cncc1-2.Fc1cccc2c1C(C1CCN(c3ncc(OC4CCCNC4)cn3)CC1)n1cncc1-2. The van der Waals surface area contributed by atoms with Gasteiger partial charge in [-0.15, -0.1) is 0 Å². The van der Waals surface area contributed by atoms with Crippen molar-refractivity contribution in [2.45, 2.75) is 171 Å². The number of imidazole rings is 4. The van der Waals surface area contributed by atoms with Gasteiger partial charge in [-0.3, -0.25) is 0 Å². The number of nitrogens with zero attached hydrogens (tertiary/aromatic N) is 18. The van der Waals surface area contributed by atoms with Crippen molar-refractivity contribution in [2.75, 3.05) is 131 Å². The van der Waals surface area contributed by atoms with Crippen LogP contribution in [0.4, 0.5) is 45.6 Å². The summed E-state index contributed by atoms with van der Waals surface area (Å²) in [4.78, 5) is 59.0. The molecule has 8 fully saturated rings. The monoisotopic (exact) mass is 1900 g/mol. The van der Waals surface area contributed by atoms with Gasteiger partial charge in [-0.25, -0.2) is 75.0 Å². The molecule has 138 heavy (non-hydrogen) atoms. The highest BCUT2D eigenvalue weighted by Crippen LogP contribution is 2.53. The van der Waals surface area contributed by atoms with E-state index in [1.165, 1.54) is 16.2 Å². The third kappa shape index (κ3) is 19.4. The average molecular weight is 1900 g/mol. The van der Waals surface area contributed by atoms with Gasteiger partial charge in [0.25, 0.3) is 0 Å². The summed E-state index contributed by atoms with van der Waals surface area (Å²) in [5, 5.41) is 3.36. The van der Waals surface area contributed by atoms with E-state index < -0.39 is 15.6 Å². The highest BCUT2D eigenvalue weighted by atomic mass is 32.2. The number of hydrogen-bond acceptors (Lipinski definition) is 22. The van der Waals surface area contributed by atoms with Crippen molar-refractivity contribution in [3.8, 4) is 68.0 Å². The molecule has 1 N–H and O–H groups in total. The van der Waals surface area contributed by atoms with E-state index >= 15 is 0 Å². The fourth-order valence-corrected chi connectivity index (χ4v) is 23.9. The van der Waals surface area contributed by atoms with Gasteiger partial charge >= 0.3 is 6.09 Å². The number of hydrogen-bond donors (Lipinski definition) is 1. The van der Waals surface area contributed by atoms with Crippen LogP contribution in [-0.4, -0.2) is 223 Å². The van der Waals surface area contributed by atoms with Crippen LogP contribution in [0.3, 0.4) is 0 Å². The van der Waals surface area contributed by atoms with E-state index in [-0.39, 0.29) is 77.9 Å². The number of ether oxygens (including phenoxy) is 6. The number of carbonyl (C=O) groups excluding carboxylic acids is 1. The largest absolute Gasteiger partial charge is 0.490 e. The van der Waals surface area contributed by atoms with E-state index in [2.05, 4.69) is 119 Å². The molecule has 12 aliphatic rings. The molecule has 12 aromatic rings. The molecule has 7 atom stereocenters. The minimum atomic E-state index is -3.13. The first-order chi connectivity index (χ1) is 67.2.